The van der Waals surface area contributed by atoms with Crippen molar-refractivity contribution in [3.05, 3.63) is 12.7 Å². The molecule has 0 aliphatic carbocycles. The SMILES string of the molecule is C=CC(=O)N(C)CI. The zero-order valence-corrected chi connectivity index (χ0v) is 6.88. The van der Waals surface area contributed by atoms with Gasteiger partial charge in [-0.3, -0.25) is 4.79 Å². The number of amides is 1. The van der Waals surface area contributed by atoms with Gasteiger partial charge < -0.3 is 4.90 Å². The molecule has 46 valence electrons. The van der Waals surface area contributed by atoms with E-state index in [9.17, 15) is 4.79 Å². The monoisotopic (exact) mass is 225 g/mol. The van der Waals surface area contributed by atoms with E-state index in [2.05, 4.69) is 29.2 Å². The summed E-state index contributed by atoms with van der Waals surface area (Å²) in [5.74, 6) is -0.0283. The van der Waals surface area contributed by atoms with E-state index < -0.39 is 0 Å². The molecule has 0 aliphatic rings. The van der Waals surface area contributed by atoms with Crippen LogP contribution in [0.25, 0.3) is 0 Å². The van der Waals surface area contributed by atoms with Crippen LogP contribution in [0.5, 0.6) is 0 Å². The second kappa shape index (κ2) is 3.88. The van der Waals surface area contributed by atoms with Gasteiger partial charge in [0.25, 0.3) is 0 Å². The number of nitrogens with zero attached hydrogens (tertiary/aromatic N) is 1. The van der Waals surface area contributed by atoms with E-state index in [1.807, 2.05) is 0 Å². The molecule has 0 aromatic heterocycles. The van der Waals surface area contributed by atoms with Crippen LogP contribution in [-0.2, 0) is 4.79 Å². The van der Waals surface area contributed by atoms with Crippen LogP contribution in [0.4, 0.5) is 0 Å². The lowest BCUT2D eigenvalue weighted by molar-refractivity contribution is -0.123. The smallest absolute Gasteiger partial charge is 0.246 e. The lowest BCUT2D eigenvalue weighted by Crippen LogP contribution is -2.22. The quantitative estimate of drug-likeness (QED) is 0.297. The Kier molecular flexibility index (Phi) is 3.85. The van der Waals surface area contributed by atoms with E-state index in [4.69, 9.17) is 0 Å². The van der Waals surface area contributed by atoms with Gasteiger partial charge in [-0.15, -0.1) is 0 Å². The molecule has 0 saturated carbocycles. The summed E-state index contributed by atoms with van der Waals surface area (Å²) in [6.45, 7) is 3.34. The Labute approximate surface area is 62.7 Å². The fourth-order valence-corrected chi connectivity index (χ4v) is 0.551. The predicted molar refractivity (Wildman–Crippen MR) is 41.9 cm³/mol. The Morgan fingerprint density at radius 1 is 2.00 bits per heavy atom. The van der Waals surface area contributed by atoms with Crippen molar-refractivity contribution >= 4 is 28.5 Å². The van der Waals surface area contributed by atoms with E-state index in [1.54, 1.807) is 11.9 Å². The van der Waals surface area contributed by atoms with Crippen molar-refractivity contribution in [2.45, 2.75) is 0 Å². The number of hydrogen-bond acceptors (Lipinski definition) is 1. The van der Waals surface area contributed by atoms with Crippen LogP contribution in [0.1, 0.15) is 0 Å². The maximum absolute atomic E-state index is 10.5. The fourth-order valence-electron chi connectivity index (χ4n) is 0.215. The van der Waals surface area contributed by atoms with Gasteiger partial charge in [-0.1, -0.05) is 29.2 Å². The molecule has 0 rings (SSSR count). The Morgan fingerprint density at radius 3 is 2.62 bits per heavy atom. The number of likely N-dealkylation sites (N-methyl/N-ethyl adjacent to an activating group) is 1. The summed E-state index contributed by atoms with van der Waals surface area (Å²) in [6, 6.07) is 0. The molecule has 0 aromatic carbocycles. The third-order valence-electron chi connectivity index (χ3n) is 0.730. The number of carbonyl (C=O) groups excluding carboxylic acids is 1. The third-order valence-corrected chi connectivity index (χ3v) is 1.75. The maximum atomic E-state index is 10.5. The summed E-state index contributed by atoms with van der Waals surface area (Å²) in [7, 11) is 1.73. The Bertz CT molecular complexity index is 103. The molecule has 8 heavy (non-hydrogen) atoms. The van der Waals surface area contributed by atoms with Gasteiger partial charge in [-0.25, -0.2) is 0 Å². The van der Waals surface area contributed by atoms with E-state index in [-0.39, 0.29) is 5.91 Å². The molecule has 0 fully saturated rings. The highest BCUT2D eigenvalue weighted by atomic mass is 127. The van der Waals surface area contributed by atoms with Crippen LogP contribution in [0.15, 0.2) is 12.7 Å². The first-order valence-electron chi connectivity index (χ1n) is 2.16. The Hall–Kier alpha value is -0.0600. The first-order chi connectivity index (χ1) is 3.72. The maximum Gasteiger partial charge on any atom is 0.246 e. The van der Waals surface area contributed by atoms with Crippen LogP contribution >= 0.6 is 22.6 Å². The van der Waals surface area contributed by atoms with E-state index >= 15 is 0 Å². The predicted octanol–water partition coefficient (Wildman–Crippen LogP) is 1.02. The summed E-state index contributed by atoms with van der Waals surface area (Å²) in [6.07, 6.45) is 1.30. The topological polar surface area (TPSA) is 20.3 Å². The molecule has 0 aliphatic heterocycles. The zero-order valence-electron chi connectivity index (χ0n) is 4.72. The van der Waals surface area contributed by atoms with Crippen molar-refractivity contribution in [3.8, 4) is 0 Å². The largest absolute Gasteiger partial charge is 0.333 e. The van der Waals surface area contributed by atoms with Gasteiger partial charge in [0.15, 0.2) is 0 Å². The number of halogens is 1. The molecular weight excluding hydrogens is 217 g/mol. The van der Waals surface area contributed by atoms with Crippen molar-refractivity contribution in [1.29, 1.82) is 0 Å². The van der Waals surface area contributed by atoms with Crippen molar-refractivity contribution in [1.82, 2.24) is 4.90 Å². The molecule has 3 heteroatoms. The second-order valence-electron chi connectivity index (χ2n) is 1.36. The Morgan fingerprint density at radius 2 is 2.50 bits per heavy atom. The fraction of sp³-hybridized carbons (Fsp3) is 0.400. The highest BCUT2D eigenvalue weighted by Gasteiger charge is 1.97. The van der Waals surface area contributed by atoms with Gasteiger partial charge in [0.2, 0.25) is 5.91 Å². The van der Waals surface area contributed by atoms with Crippen molar-refractivity contribution in [2.75, 3.05) is 11.6 Å². The minimum Gasteiger partial charge on any atom is -0.333 e. The summed E-state index contributed by atoms with van der Waals surface area (Å²) >= 11 is 2.11. The van der Waals surface area contributed by atoms with E-state index in [0.717, 1.165) is 0 Å². The van der Waals surface area contributed by atoms with Crippen LogP contribution in [-0.4, -0.2) is 22.4 Å². The molecule has 0 spiro atoms. The van der Waals surface area contributed by atoms with Crippen molar-refractivity contribution in [2.24, 2.45) is 0 Å². The van der Waals surface area contributed by atoms with Crippen LogP contribution in [0.2, 0.25) is 0 Å². The van der Waals surface area contributed by atoms with Gasteiger partial charge in [0.05, 0.1) is 4.55 Å². The first kappa shape index (κ1) is 7.94. The summed E-state index contributed by atoms with van der Waals surface area (Å²) in [4.78, 5) is 12.1. The minimum atomic E-state index is -0.0283. The Balaban J connectivity index is 3.62. The van der Waals surface area contributed by atoms with Crippen LogP contribution in [0, 0.1) is 0 Å². The normalized spacial score (nSPS) is 8.25. The number of carbonyl (C=O) groups is 1. The molecule has 0 unspecified atom stereocenters. The highest BCUT2D eigenvalue weighted by Crippen LogP contribution is 1.89. The standard InChI is InChI=1S/C5H8INO/c1-3-5(8)7(2)4-6/h3H,1,4H2,2H3. The van der Waals surface area contributed by atoms with Crippen molar-refractivity contribution < 1.29 is 4.79 Å². The second-order valence-corrected chi connectivity index (χ2v) is 2.04. The lowest BCUT2D eigenvalue weighted by Gasteiger charge is -2.08. The average molecular weight is 225 g/mol. The summed E-state index contributed by atoms with van der Waals surface area (Å²) in [5, 5.41) is 0. The van der Waals surface area contributed by atoms with Crippen LogP contribution < -0.4 is 0 Å². The molecular formula is C5H8INO. The van der Waals surface area contributed by atoms with Gasteiger partial charge in [-0.2, -0.15) is 0 Å². The van der Waals surface area contributed by atoms with E-state index in [0.29, 0.717) is 4.55 Å². The molecule has 1 amide bonds. The van der Waals surface area contributed by atoms with Gasteiger partial charge >= 0.3 is 0 Å². The van der Waals surface area contributed by atoms with E-state index in [1.165, 1.54) is 6.08 Å². The highest BCUT2D eigenvalue weighted by molar-refractivity contribution is 14.1. The average Bonchev–Trinajstić information content (AvgIpc) is 1.84. The molecule has 0 saturated heterocycles. The molecule has 0 bridgehead atoms. The molecule has 0 aromatic rings. The lowest BCUT2D eigenvalue weighted by atomic mass is 10.5. The van der Waals surface area contributed by atoms with Gasteiger partial charge in [0.1, 0.15) is 0 Å². The summed E-state index contributed by atoms with van der Waals surface area (Å²) < 4.78 is 0.711. The molecule has 0 radical (unpaired) electrons. The number of alkyl halides is 1. The third kappa shape index (κ3) is 2.30. The van der Waals surface area contributed by atoms with Gasteiger partial charge in [0, 0.05) is 7.05 Å². The first-order valence-corrected chi connectivity index (χ1v) is 3.68. The van der Waals surface area contributed by atoms with Crippen molar-refractivity contribution in [3.63, 3.8) is 0 Å². The molecule has 2 nitrogen and oxygen atoms in total. The number of hydrogen-bond donors (Lipinski definition) is 0. The molecule has 0 atom stereocenters. The summed E-state index contributed by atoms with van der Waals surface area (Å²) in [5.41, 5.74) is 0. The minimum absolute atomic E-state index is 0.0283. The number of rotatable bonds is 2. The molecule has 0 heterocycles. The van der Waals surface area contributed by atoms with Gasteiger partial charge in [-0.05, 0) is 6.08 Å². The zero-order chi connectivity index (χ0) is 6.57. The molecule has 0 N–H and O–H groups in total. The van der Waals surface area contributed by atoms with Crippen LogP contribution in [0.3, 0.4) is 0 Å².